The number of carbonyl (C=O) groups is 2. The molecule has 120 valence electrons. The van der Waals surface area contributed by atoms with Gasteiger partial charge >= 0.3 is 0 Å². The highest BCUT2D eigenvalue weighted by Gasteiger charge is 2.56. The normalized spacial score (nSPS) is 20.9. The van der Waals surface area contributed by atoms with Crippen LogP contribution < -0.4 is 4.90 Å². The van der Waals surface area contributed by atoms with Crippen LogP contribution in [0.5, 0.6) is 0 Å². The maximum absolute atomic E-state index is 13.2. The summed E-state index contributed by atoms with van der Waals surface area (Å²) in [6.45, 7) is 0. The first kappa shape index (κ1) is 14.1. The molecule has 3 heterocycles. The number of hydrogen-bond donors (Lipinski definition) is 0. The molecule has 2 aromatic carbocycles. The lowest BCUT2D eigenvalue weighted by atomic mass is 9.75. The molecule has 0 saturated carbocycles. The second-order valence-electron chi connectivity index (χ2n) is 6.38. The molecule has 0 N–H and O–H groups in total. The maximum atomic E-state index is 13.2. The van der Waals surface area contributed by atoms with E-state index in [4.69, 9.17) is 0 Å². The monoisotopic (exact) mass is 326 g/mol. The topological polar surface area (TPSA) is 50.3 Å². The molecule has 0 spiro atoms. The van der Waals surface area contributed by atoms with Crippen LogP contribution in [0.15, 0.2) is 72.9 Å². The van der Waals surface area contributed by atoms with Gasteiger partial charge in [0.05, 0.1) is 5.69 Å². The Morgan fingerprint density at radius 2 is 1.64 bits per heavy atom. The van der Waals surface area contributed by atoms with Gasteiger partial charge in [-0.05, 0) is 23.8 Å². The van der Waals surface area contributed by atoms with Crippen molar-refractivity contribution in [3.8, 4) is 0 Å². The molecule has 1 amide bonds. The fourth-order valence-corrected chi connectivity index (χ4v) is 4.13. The summed E-state index contributed by atoms with van der Waals surface area (Å²) in [5.41, 5.74) is 2.58. The fraction of sp³-hybridized carbons (Fsp3) is 0.0952. The first-order chi connectivity index (χ1) is 12.2. The summed E-state index contributed by atoms with van der Waals surface area (Å²) in [4.78, 5) is 32.3. The van der Waals surface area contributed by atoms with Crippen molar-refractivity contribution in [2.24, 2.45) is 0 Å². The van der Waals surface area contributed by atoms with Gasteiger partial charge in [0.2, 0.25) is 0 Å². The number of pyridine rings is 1. The molecule has 1 aromatic heterocycles. The summed E-state index contributed by atoms with van der Waals surface area (Å²) in [5, 5.41) is 0. The van der Waals surface area contributed by atoms with Gasteiger partial charge in [0.15, 0.2) is 5.78 Å². The Balaban J connectivity index is 1.90. The van der Waals surface area contributed by atoms with Crippen molar-refractivity contribution in [2.75, 3.05) is 4.90 Å². The third kappa shape index (κ3) is 1.68. The number of benzene rings is 2. The third-order valence-corrected chi connectivity index (χ3v) is 5.15. The SMILES string of the molecule is O=C1CC2(c3ccccc3)c3cccnc3C(=O)N2c2ccccc21. The van der Waals surface area contributed by atoms with Gasteiger partial charge in [-0.25, -0.2) is 0 Å². The molecule has 0 saturated heterocycles. The van der Waals surface area contributed by atoms with E-state index in [0.717, 1.165) is 11.1 Å². The van der Waals surface area contributed by atoms with Crippen LogP contribution >= 0.6 is 0 Å². The van der Waals surface area contributed by atoms with E-state index in [9.17, 15) is 9.59 Å². The summed E-state index contributed by atoms with van der Waals surface area (Å²) >= 11 is 0. The van der Waals surface area contributed by atoms with Gasteiger partial charge in [-0.2, -0.15) is 0 Å². The number of hydrogen-bond acceptors (Lipinski definition) is 3. The van der Waals surface area contributed by atoms with Gasteiger partial charge in [-0.15, -0.1) is 0 Å². The van der Waals surface area contributed by atoms with Gasteiger partial charge < -0.3 is 0 Å². The molecule has 5 rings (SSSR count). The lowest BCUT2D eigenvalue weighted by Crippen LogP contribution is -2.50. The van der Waals surface area contributed by atoms with Crippen LogP contribution in [0.25, 0.3) is 0 Å². The molecule has 25 heavy (non-hydrogen) atoms. The van der Waals surface area contributed by atoms with Crippen LogP contribution in [0, 0.1) is 0 Å². The van der Waals surface area contributed by atoms with Crippen LogP contribution in [0.2, 0.25) is 0 Å². The highest BCUT2D eigenvalue weighted by atomic mass is 16.2. The van der Waals surface area contributed by atoms with Gasteiger partial charge in [0, 0.05) is 23.7 Å². The molecule has 1 atom stereocenters. The molecule has 3 aromatic rings. The van der Waals surface area contributed by atoms with Crippen LogP contribution in [0.1, 0.15) is 38.4 Å². The van der Waals surface area contributed by atoms with Crippen molar-refractivity contribution in [1.29, 1.82) is 0 Å². The molecule has 0 bridgehead atoms. The number of Topliss-reactive ketones (excluding diaryl/α,β-unsaturated/α-hetero) is 1. The fourth-order valence-electron chi connectivity index (χ4n) is 4.13. The zero-order chi connectivity index (χ0) is 17.0. The molecule has 0 radical (unpaired) electrons. The minimum atomic E-state index is -0.826. The van der Waals surface area contributed by atoms with Crippen LogP contribution in [0.4, 0.5) is 5.69 Å². The van der Waals surface area contributed by atoms with Gasteiger partial charge in [-0.1, -0.05) is 48.5 Å². The van der Waals surface area contributed by atoms with E-state index in [0.29, 0.717) is 16.9 Å². The van der Waals surface area contributed by atoms with Crippen LogP contribution in [-0.2, 0) is 5.54 Å². The van der Waals surface area contributed by atoms with E-state index >= 15 is 0 Å². The number of fused-ring (bicyclic) bond motifs is 5. The quantitative estimate of drug-likeness (QED) is 0.687. The lowest BCUT2D eigenvalue weighted by molar-refractivity contribution is 0.0921. The molecule has 4 nitrogen and oxygen atoms in total. The van der Waals surface area contributed by atoms with E-state index in [1.54, 1.807) is 17.2 Å². The molecule has 4 heteroatoms. The van der Waals surface area contributed by atoms with E-state index in [-0.39, 0.29) is 18.1 Å². The Morgan fingerprint density at radius 3 is 2.48 bits per heavy atom. The lowest BCUT2D eigenvalue weighted by Gasteiger charge is -2.43. The Bertz CT molecular complexity index is 1030. The van der Waals surface area contributed by atoms with Crippen LogP contribution in [-0.4, -0.2) is 16.7 Å². The number of aromatic nitrogens is 1. The Morgan fingerprint density at radius 1 is 0.880 bits per heavy atom. The number of carbonyl (C=O) groups excluding carboxylic acids is 2. The summed E-state index contributed by atoms with van der Waals surface area (Å²) in [6.07, 6.45) is 1.85. The molecule has 0 fully saturated rings. The number of anilines is 1. The maximum Gasteiger partial charge on any atom is 0.278 e. The van der Waals surface area contributed by atoms with Crippen molar-refractivity contribution < 1.29 is 9.59 Å². The molecule has 2 aliphatic rings. The second-order valence-corrected chi connectivity index (χ2v) is 6.38. The van der Waals surface area contributed by atoms with Gasteiger partial charge in [0.25, 0.3) is 5.91 Å². The second kappa shape index (κ2) is 4.86. The zero-order valence-electron chi connectivity index (χ0n) is 13.3. The molecule has 2 aliphatic heterocycles. The zero-order valence-corrected chi connectivity index (χ0v) is 13.3. The van der Waals surface area contributed by atoms with E-state index in [1.807, 2.05) is 60.7 Å². The van der Waals surface area contributed by atoms with Crippen LogP contribution in [0.3, 0.4) is 0 Å². The summed E-state index contributed by atoms with van der Waals surface area (Å²) in [5.74, 6) is -0.111. The molecule has 1 unspecified atom stereocenters. The largest absolute Gasteiger partial charge is 0.294 e. The number of para-hydroxylation sites is 1. The highest BCUT2D eigenvalue weighted by molar-refractivity contribution is 6.18. The van der Waals surface area contributed by atoms with Crippen molar-refractivity contribution in [3.63, 3.8) is 0 Å². The average Bonchev–Trinajstić information content (AvgIpc) is 2.93. The van der Waals surface area contributed by atoms with Crippen molar-refractivity contribution >= 4 is 17.4 Å². The Kier molecular flexibility index (Phi) is 2.74. The predicted octanol–water partition coefficient (Wildman–Crippen LogP) is 3.57. The first-order valence-electron chi connectivity index (χ1n) is 8.21. The number of nitrogens with zero attached hydrogens (tertiary/aromatic N) is 2. The van der Waals surface area contributed by atoms with Crippen molar-refractivity contribution in [1.82, 2.24) is 4.98 Å². The van der Waals surface area contributed by atoms with Crippen molar-refractivity contribution in [2.45, 2.75) is 12.0 Å². The van der Waals surface area contributed by atoms with Crippen molar-refractivity contribution in [3.05, 3.63) is 95.3 Å². The van der Waals surface area contributed by atoms with Gasteiger partial charge in [-0.3, -0.25) is 19.5 Å². The number of rotatable bonds is 1. The molecule has 0 aliphatic carbocycles. The molecular formula is C21H14N2O2. The average molecular weight is 326 g/mol. The summed E-state index contributed by atoms with van der Waals surface area (Å²) in [6, 6.07) is 20.8. The number of amides is 1. The Labute approximate surface area is 144 Å². The highest BCUT2D eigenvalue weighted by Crippen LogP contribution is 2.52. The molecular weight excluding hydrogens is 312 g/mol. The third-order valence-electron chi connectivity index (χ3n) is 5.15. The van der Waals surface area contributed by atoms with E-state index in [1.165, 1.54) is 0 Å². The van der Waals surface area contributed by atoms with E-state index in [2.05, 4.69) is 4.98 Å². The minimum Gasteiger partial charge on any atom is -0.294 e. The smallest absolute Gasteiger partial charge is 0.278 e. The van der Waals surface area contributed by atoms with Gasteiger partial charge in [0.1, 0.15) is 11.2 Å². The first-order valence-corrected chi connectivity index (χ1v) is 8.21. The standard InChI is InChI=1S/C21H14N2O2/c24-18-13-21(14-7-2-1-3-8-14)16-10-6-12-22-19(16)20(25)23(21)17-11-5-4-9-15(17)18/h1-12H,13H2. The number of ketones is 1. The van der Waals surface area contributed by atoms with E-state index < -0.39 is 5.54 Å². The minimum absolute atomic E-state index is 0.0419. The summed E-state index contributed by atoms with van der Waals surface area (Å²) < 4.78 is 0. The Hall–Kier alpha value is -3.27. The predicted molar refractivity (Wildman–Crippen MR) is 93.7 cm³/mol. The summed E-state index contributed by atoms with van der Waals surface area (Å²) in [7, 11) is 0.